The molecule has 0 saturated heterocycles. The van der Waals surface area contributed by atoms with Gasteiger partial charge in [0.2, 0.25) is 0 Å². The van der Waals surface area contributed by atoms with Crippen LogP contribution in [0.15, 0.2) is 72.9 Å². The topological polar surface area (TPSA) is 87.3 Å². The number of benzene rings is 3. The van der Waals surface area contributed by atoms with Gasteiger partial charge in [-0.05, 0) is 31.0 Å². The van der Waals surface area contributed by atoms with E-state index >= 15 is 0 Å². The predicted molar refractivity (Wildman–Crippen MR) is 129 cm³/mol. The van der Waals surface area contributed by atoms with E-state index in [4.69, 9.17) is 4.74 Å². The largest absolute Gasteiger partial charge is 0.455 e. The van der Waals surface area contributed by atoms with E-state index in [9.17, 15) is 14.9 Å². The summed E-state index contributed by atoms with van der Waals surface area (Å²) in [6.45, 7) is 3.56. The average Bonchev–Trinajstić information content (AvgIpc) is 3.22. The van der Waals surface area contributed by atoms with Crippen molar-refractivity contribution in [1.29, 1.82) is 0 Å². The molecule has 0 amide bonds. The van der Waals surface area contributed by atoms with Crippen molar-refractivity contribution >= 4 is 22.8 Å². The number of nitro benzene ring substituents is 1. The lowest BCUT2D eigenvalue weighted by Gasteiger charge is -2.23. The number of aromatic nitrogens is 2. The molecule has 2 heterocycles. The molecule has 0 radical (unpaired) electrons. The van der Waals surface area contributed by atoms with Crippen molar-refractivity contribution in [1.82, 2.24) is 9.78 Å². The van der Waals surface area contributed by atoms with E-state index in [-0.39, 0.29) is 11.5 Å². The van der Waals surface area contributed by atoms with Crippen molar-refractivity contribution in [3.8, 4) is 17.0 Å². The summed E-state index contributed by atoms with van der Waals surface area (Å²) in [7, 11) is 1.81. The quantitative estimate of drug-likeness (QED) is 0.222. The maximum absolute atomic E-state index is 11.8. The first-order chi connectivity index (χ1) is 16.3. The molecule has 0 unspecified atom stereocenters. The minimum absolute atomic E-state index is 0.00456. The highest BCUT2D eigenvalue weighted by atomic mass is 16.6. The Morgan fingerprint density at radius 2 is 1.56 bits per heavy atom. The molecule has 0 spiro atoms. The monoisotopic (exact) mass is 451 g/mol. The minimum atomic E-state index is -0.428. The third-order valence-corrected chi connectivity index (χ3v) is 5.86. The number of hydrogen-bond donors (Lipinski definition) is 0. The zero-order valence-electron chi connectivity index (χ0n) is 18.9. The lowest BCUT2D eigenvalue weighted by Crippen LogP contribution is -2.08. The molecular weight excluding hydrogens is 430 g/mol. The first-order valence-electron chi connectivity index (χ1n) is 10.7. The molecule has 7 heteroatoms. The first kappa shape index (κ1) is 21.3. The number of ketones is 1. The van der Waals surface area contributed by atoms with Crippen LogP contribution in [0.5, 0.6) is 5.75 Å². The van der Waals surface area contributed by atoms with E-state index in [1.165, 1.54) is 19.1 Å². The van der Waals surface area contributed by atoms with Gasteiger partial charge in [-0.3, -0.25) is 19.6 Å². The highest BCUT2D eigenvalue weighted by Gasteiger charge is 2.30. The molecule has 168 valence electrons. The second-order valence-electron chi connectivity index (χ2n) is 8.31. The van der Waals surface area contributed by atoms with Crippen molar-refractivity contribution < 1.29 is 14.5 Å². The van der Waals surface area contributed by atoms with Gasteiger partial charge in [0.05, 0.1) is 16.1 Å². The van der Waals surface area contributed by atoms with Gasteiger partial charge in [-0.2, -0.15) is 5.10 Å². The zero-order valence-corrected chi connectivity index (χ0v) is 18.9. The third kappa shape index (κ3) is 3.67. The van der Waals surface area contributed by atoms with Gasteiger partial charge in [0.1, 0.15) is 17.2 Å². The summed E-state index contributed by atoms with van der Waals surface area (Å²) in [5.41, 5.74) is 6.32. The van der Waals surface area contributed by atoms with Crippen molar-refractivity contribution in [3.05, 3.63) is 111 Å². The van der Waals surface area contributed by atoms with E-state index < -0.39 is 4.92 Å². The summed E-state index contributed by atoms with van der Waals surface area (Å²) < 4.78 is 8.10. The summed E-state index contributed by atoms with van der Waals surface area (Å²) in [6, 6.07) is 20.1. The summed E-state index contributed by atoms with van der Waals surface area (Å²) in [6.07, 6.45) is 1.85. The Labute approximate surface area is 196 Å². The summed E-state index contributed by atoms with van der Waals surface area (Å²) in [4.78, 5) is 22.7. The van der Waals surface area contributed by atoms with Crippen LogP contribution in [0.4, 0.5) is 5.69 Å². The van der Waals surface area contributed by atoms with Crippen LogP contribution >= 0.6 is 0 Å². The van der Waals surface area contributed by atoms with Crippen LogP contribution in [-0.2, 0) is 7.05 Å². The van der Waals surface area contributed by atoms with Crippen LogP contribution in [0.3, 0.4) is 0 Å². The molecule has 1 aliphatic heterocycles. The van der Waals surface area contributed by atoms with Crippen LogP contribution in [0.2, 0.25) is 0 Å². The Morgan fingerprint density at radius 1 is 0.941 bits per heavy atom. The van der Waals surface area contributed by atoms with Crippen LogP contribution < -0.4 is 4.74 Å². The van der Waals surface area contributed by atoms with Crippen LogP contribution in [0.1, 0.15) is 39.5 Å². The standard InChI is InChI=1S/C27H21N3O4/c1-16-4-6-19(7-5-16)25(20-10-8-18(9-11-20)17(2)31)27-23-15-29(3)28-26(23)22-14-21(30(32)33)12-13-24(22)34-27/h4-15H,1-3H3/b27-25+. The fourth-order valence-corrected chi connectivity index (χ4v) is 4.13. The number of rotatable bonds is 4. The van der Waals surface area contributed by atoms with Gasteiger partial charge in [0.15, 0.2) is 5.78 Å². The third-order valence-electron chi connectivity index (χ3n) is 5.86. The lowest BCUT2D eigenvalue weighted by atomic mass is 9.91. The second-order valence-corrected chi connectivity index (χ2v) is 8.31. The van der Waals surface area contributed by atoms with Gasteiger partial charge in [-0.15, -0.1) is 0 Å². The molecule has 7 nitrogen and oxygen atoms in total. The van der Waals surface area contributed by atoms with Crippen LogP contribution in [0, 0.1) is 17.0 Å². The number of Topliss-reactive ketones (excluding diaryl/α,β-unsaturated/α-hetero) is 1. The number of aryl methyl sites for hydroxylation is 2. The molecule has 3 aromatic carbocycles. The zero-order chi connectivity index (χ0) is 24.0. The Balaban J connectivity index is 1.78. The molecule has 0 fully saturated rings. The minimum Gasteiger partial charge on any atom is -0.455 e. The van der Waals surface area contributed by atoms with E-state index in [1.807, 2.05) is 49.5 Å². The second kappa shape index (κ2) is 8.12. The lowest BCUT2D eigenvalue weighted by molar-refractivity contribution is -0.384. The summed E-state index contributed by atoms with van der Waals surface area (Å²) in [5.74, 6) is 1.09. The molecule has 4 aromatic rings. The first-order valence-corrected chi connectivity index (χ1v) is 10.7. The van der Waals surface area contributed by atoms with E-state index in [1.54, 1.807) is 29.9 Å². The van der Waals surface area contributed by atoms with Gasteiger partial charge >= 0.3 is 0 Å². The summed E-state index contributed by atoms with van der Waals surface area (Å²) in [5, 5.41) is 16.0. The van der Waals surface area contributed by atoms with E-state index in [0.717, 1.165) is 27.8 Å². The van der Waals surface area contributed by atoms with Crippen molar-refractivity contribution in [3.63, 3.8) is 0 Å². The van der Waals surface area contributed by atoms with Gasteiger partial charge in [-0.1, -0.05) is 54.1 Å². The molecule has 34 heavy (non-hydrogen) atoms. The van der Waals surface area contributed by atoms with Gasteiger partial charge < -0.3 is 4.74 Å². The maximum Gasteiger partial charge on any atom is 0.270 e. The van der Waals surface area contributed by atoms with Gasteiger partial charge in [0, 0.05) is 36.5 Å². The fraction of sp³-hybridized carbons (Fsp3) is 0.111. The van der Waals surface area contributed by atoms with Crippen LogP contribution in [0.25, 0.3) is 22.6 Å². The Bertz CT molecular complexity index is 1480. The average molecular weight is 451 g/mol. The van der Waals surface area contributed by atoms with Crippen molar-refractivity contribution in [2.24, 2.45) is 7.05 Å². The number of carbonyl (C=O) groups is 1. The Kier molecular flexibility index (Phi) is 5.09. The Morgan fingerprint density at radius 3 is 2.18 bits per heavy atom. The number of fused-ring (bicyclic) bond motifs is 3. The molecule has 0 atom stereocenters. The van der Waals surface area contributed by atoms with Crippen molar-refractivity contribution in [2.75, 3.05) is 0 Å². The predicted octanol–water partition coefficient (Wildman–Crippen LogP) is 5.82. The molecule has 0 saturated carbocycles. The normalized spacial score (nSPS) is 13.5. The molecule has 1 aromatic heterocycles. The maximum atomic E-state index is 11.8. The number of nitro groups is 1. The number of nitrogens with zero attached hydrogens (tertiary/aromatic N) is 3. The molecule has 5 rings (SSSR count). The number of carbonyl (C=O) groups excluding carboxylic acids is 1. The molecule has 0 bridgehead atoms. The van der Waals surface area contributed by atoms with E-state index in [0.29, 0.717) is 28.3 Å². The molecule has 1 aliphatic rings. The SMILES string of the molecule is CC(=O)c1ccc(/C(=C2/Oc3ccc([N+](=O)[O-])cc3-c3nn(C)cc32)c2ccc(C)cc2)cc1. The van der Waals surface area contributed by atoms with Gasteiger partial charge in [0.25, 0.3) is 5.69 Å². The Hall–Kier alpha value is -4.52. The van der Waals surface area contributed by atoms with Crippen molar-refractivity contribution in [2.45, 2.75) is 13.8 Å². The highest BCUT2D eigenvalue weighted by molar-refractivity contribution is 6.02. The number of ether oxygens (including phenoxy) is 1. The molecule has 0 aliphatic carbocycles. The number of non-ortho nitro benzene ring substituents is 1. The number of hydrogen-bond acceptors (Lipinski definition) is 5. The van der Waals surface area contributed by atoms with E-state index in [2.05, 4.69) is 5.10 Å². The molecule has 0 N–H and O–H groups in total. The smallest absolute Gasteiger partial charge is 0.270 e. The van der Waals surface area contributed by atoms with Crippen LogP contribution in [-0.4, -0.2) is 20.5 Å². The highest BCUT2D eigenvalue weighted by Crippen LogP contribution is 2.46. The fourth-order valence-electron chi connectivity index (χ4n) is 4.13. The molecular formula is C27H21N3O4. The summed E-state index contributed by atoms with van der Waals surface area (Å²) >= 11 is 0. The van der Waals surface area contributed by atoms with Gasteiger partial charge in [-0.25, -0.2) is 0 Å².